The van der Waals surface area contributed by atoms with Crippen LogP contribution in [0.2, 0.25) is 0 Å². The van der Waals surface area contributed by atoms with Crippen LogP contribution in [0.4, 0.5) is 0 Å². The first-order valence-electron chi connectivity index (χ1n) is 11.2. The number of amides is 2. The summed E-state index contributed by atoms with van der Waals surface area (Å²) in [5, 5.41) is 3.95. The predicted molar refractivity (Wildman–Crippen MR) is 146 cm³/mol. The third-order valence-electron chi connectivity index (χ3n) is 5.92. The molecule has 4 aromatic carbocycles. The van der Waals surface area contributed by atoms with Gasteiger partial charge in [0.2, 0.25) is 0 Å². The molecule has 5 heteroatoms. The van der Waals surface area contributed by atoms with Gasteiger partial charge in [0.05, 0.1) is 11.1 Å². The Kier molecular flexibility index (Phi) is 7.72. The molecule has 170 valence electrons. The quantitative estimate of drug-likeness (QED) is 0.242. The van der Waals surface area contributed by atoms with E-state index in [1.54, 1.807) is 24.3 Å². The second kappa shape index (κ2) is 10.9. The average Bonchev–Trinajstić information content (AvgIpc) is 3.11. The van der Waals surface area contributed by atoms with E-state index in [1.807, 2.05) is 0 Å². The number of imide groups is 1. The smallest absolute Gasteiger partial charge is 0.261 e. The fourth-order valence-electron chi connectivity index (χ4n) is 4.34. The molecule has 0 bridgehead atoms. The number of halogens is 1. The molecule has 0 unspecified atom stereocenters. The summed E-state index contributed by atoms with van der Waals surface area (Å²) < 4.78 is 0. The molecule has 0 fully saturated rings. The van der Waals surface area contributed by atoms with Gasteiger partial charge in [-0.2, -0.15) is 0 Å². The van der Waals surface area contributed by atoms with E-state index in [0.29, 0.717) is 17.7 Å². The van der Waals surface area contributed by atoms with Crippen LogP contribution >= 0.6 is 24.9 Å². The van der Waals surface area contributed by atoms with Crippen LogP contribution in [0.5, 0.6) is 0 Å². The molecule has 0 radical (unpaired) electrons. The first kappa shape index (κ1) is 24.1. The van der Waals surface area contributed by atoms with E-state index in [4.69, 9.17) is 0 Å². The third-order valence-corrected chi connectivity index (χ3v) is 8.35. The molecule has 0 spiro atoms. The Labute approximate surface area is 212 Å². The Balaban J connectivity index is 0.00000274. The van der Waals surface area contributed by atoms with Gasteiger partial charge in [0, 0.05) is 6.54 Å². The second-order valence-corrected chi connectivity index (χ2v) is 10.3. The van der Waals surface area contributed by atoms with Crippen LogP contribution in [0.15, 0.2) is 109 Å². The van der Waals surface area contributed by atoms with Crippen molar-refractivity contribution in [1.82, 2.24) is 4.90 Å². The molecule has 2 amide bonds. The molecule has 0 aliphatic carbocycles. The summed E-state index contributed by atoms with van der Waals surface area (Å²) in [5.74, 6) is -0.359. The van der Waals surface area contributed by atoms with Crippen molar-refractivity contribution in [2.45, 2.75) is 12.8 Å². The molecule has 1 heterocycles. The molecule has 34 heavy (non-hydrogen) atoms. The lowest BCUT2D eigenvalue weighted by Crippen LogP contribution is -2.31. The van der Waals surface area contributed by atoms with Gasteiger partial charge in [0.25, 0.3) is 11.8 Å². The van der Waals surface area contributed by atoms with Crippen molar-refractivity contribution in [3.05, 3.63) is 126 Å². The van der Waals surface area contributed by atoms with Gasteiger partial charge >= 0.3 is 0 Å². The van der Waals surface area contributed by atoms with Gasteiger partial charge in [-0.05, 0) is 54.4 Å². The average molecular weight is 530 g/mol. The minimum Gasteiger partial charge on any atom is -0.274 e. The van der Waals surface area contributed by atoms with Crippen LogP contribution in [-0.4, -0.2) is 23.3 Å². The van der Waals surface area contributed by atoms with Crippen molar-refractivity contribution in [2.24, 2.45) is 0 Å². The number of benzene rings is 4. The number of fused-ring (bicyclic) bond motifs is 1. The van der Waals surface area contributed by atoms with Crippen LogP contribution in [-0.2, 0) is 6.42 Å². The van der Waals surface area contributed by atoms with E-state index in [2.05, 4.69) is 84.9 Å². The standard InChI is InChI=1S/C29H24NO2P.BrH/c31-28-26-18-7-8-19-27(26)29(32)30(28)20-10-12-22-11-9-17-25(21-22)33(23-13-3-1-4-14-23)24-15-5-2-6-16-24;/h1-9,11,13-19,21H,10,12,20H2;1H. The molecular formula is C29H25BrNO2P. The summed E-state index contributed by atoms with van der Waals surface area (Å²) in [4.78, 5) is 26.6. The molecule has 4 aromatic rings. The molecule has 5 rings (SSSR count). The van der Waals surface area contributed by atoms with Gasteiger partial charge < -0.3 is 0 Å². The number of aryl methyl sites for hydroxylation is 1. The van der Waals surface area contributed by atoms with Crippen LogP contribution in [0.1, 0.15) is 32.7 Å². The van der Waals surface area contributed by atoms with E-state index >= 15 is 0 Å². The van der Waals surface area contributed by atoms with E-state index in [0.717, 1.165) is 12.8 Å². The zero-order chi connectivity index (χ0) is 22.6. The normalized spacial score (nSPS) is 12.6. The van der Waals surface area contributed by atoms with Crippen LogP contribution in [0.3, 0.4) is 0 Å². The molecule has 0 aromatic heterocycles. The number of rotatable bonds is 7. The Morgan fingerprint density at radius 3 is 1.65 bits per heavy atom. The summed E-state index contributed by atoms with van der Waals surface area (Å²) in [6.07, 6.45) is 1.55. The Morgan fingerprint density at radius 2 is 1.09 bits per heavy atom. The Hall–Kier alpha value is -3.07. The molecule has 1 aliphatic heterocycles. The summed E-state index contributed by atoms with van der Waals surface area (Å²) in [6, 6.07) is 37.1. The lowest BCUT2D eigenvalue weighted by molar-refractivity contribution is 0.0652. The number of carbonyl (C=O) groups excluding carboxylic acids is 2. The van der Waals surface area contributed by atoms with Crippen LogP contribution < -0.4 is 15.9 Å². The van der Waals surface area contributed by atoms with Gasteiger partial charge in [0.15, 0.2) is 0 Å². The highest BCUT2D eigenvalue weighted by atomic mass is 79.9. The molecule has 3 nitrogen and oxygen atoms in total. The Morgan fingerprint density at radius 1 is 0.588 bits per heavy atom. The maximum absolute atomic E-state index is 12.6. The van der Waals surface area contributed by atoms with Gasteiger partial charge in [-0.1, -0.05) is 97.1 Å². The maximum atomic E-state index is 12.6. The lowest BCUT2D eigenvalue weighted by Gasteiger charge is -2.20. The highest BCUT2D eigenvalue weighted by Crippen LogP contribution is 2.33. The minimum absolute atomic E-state index is 0. The van der Waals surface area contributed by atoms with Crippen molar-refractivity contribution < 1.29 is 9.59 Å². The van der Waals surface area contributed by atoms with Gasteiger partial charge in [-0.15, -0.1) is 17.0 Å². The highest BCUT2D eigenvalue weighted by Gasteiger charge is 2.34. The largest absolute Gasteiger partial charge is 0.274 e. The molecule has 1 aliphatic rings. The highest BCUT2D eigenvalue weighted by molar-refractivity contribution is 8.93. The predicted octanol–water partition coefficient (Wildman–Crippen LogP) is 5.25. The SMILES string of the molecule is Br.O=C1c2ccccc2C(=O)N1CCCc1cccc(P(c2ccccc2)c2ccccc2)c1. The number of carbonyl (C=O) groups is 2. The Bertz CT molecular complexity index is 1220. The first-order valence-corrected chi connectivity index (χ1v) is 12.5. The van der Waals surface area contributed by atoms with Crippen LogP contribution in [0, 0.1) is 0 Å². The minimum atomic E-state index is -0.650. The molecule has 0 saturated heterocycles. The number of hydrogen-bond acceptors (Lipinski definition) is 2. The third kappa shape index (κ3) is 4.89. The number of nitrogens with zero attached hydrogens (tertiary/aromatic N) is 1. The fraction of sp³-hybridized carbons (Fsp3) is 0.103. The zero-order valence-corrected chi connectivity index (χ0v) is 21.2. The zero-order valence-electron chi connectivity index (χ0n) is 18.6. The summed E-state index contributed by atoms with van der Waals surface area (Å²) >= 11 is 0. The molecule has 0 N–H and O–H groups in total. The van der Waals surface area contributed by atoms with Crippen molar-refractivity contribution in [3.63, 3.8) is 0 Å². The topological polar surface area (TPSA) is 37.4 Å². The first-order chi connectivity index (χ1) is 16.2. The lowest BCUT2D eigenvalue weighted by atomic mass is 10.1. The van der Waals surface area contributed by atoms with Gasteiger partial charge in [-0.25, -0.2) is 0 Å². The van der Waals surface area contributed by atoms with Crippen molar-refractivity contribution >= 4 is 52.6 Å². The molecule has 0 atom stereocenters. The maximum Gasteiger partial charge on any atom is 0.261 e. The van der Waals surface area contributed by atoms with Crippen molar-refractivity contribution in [2.75, 3.05) is 6.54 Å². The molecule has 0 saturated carbocycles. The van der Waals surface area contributed by atoms with Crippen molar-refractivity contribution in [3.8, 4) is 0 Å². The second-order valence-electron chi connectivity index (χ2n) is 8.09. The van der Waals surface area contributed by atoms with E-state index < -0.39 is 7.92 Å². The fourth-order valence-corrected chi connectivity index (χ4v) is 6.70. The number of hydrogen-bond donors (Lipinski definition) is 0. The van der Waals surface area contributed by atoms with Crippen LogP contribution in [0.25, 0.3) is 0 Å². The summed E-state index contributed by atoms with van der Waals surface area (Å²) in [5.41, 5.74) is 2.25. The van der Waals surface area contributed by atoms with Crippen molar-refractivity contribution in [1.29, 1.82) is 0 Å². The molecular weight excluding hydrogens is 505 g/mol. The van der Waals surface area contributed by atoms with E-state index in [1.165, 1.54) is 26.4 Å². The monoisotopic (exact) mass is 529 g/mol. The van der Waals surface area contributed by atoms with E-state index in [9.17, 15) is 9.59 Å². The van der Waals surface area contributed by atoms with E-state index in [-0.39, 0.29) is 28.8 Å². The summed E-state index contributed by atoms with van der Waals surface area (Å²) in [7, 11) is -0.650. The van der Waals surface area contributed by atoms with Gasteiger partial charge in [0.1, 0.15) is 0 Å². The summed E-state index contributed by atoms with van der Waals surface area (Å²) in [6.45, 7) is 0.433. The van der Waals surface area contributed by atoms with Gasteiger partial charge in [-0.3, -0.25) is 14.5 Å².